The molecule has 6 nitrogen and oxygen atoms in total. The lowest BCUT2D eigenvalue weighted by Crippen LogP contribution is -2.45. The molecule has 6 heteroatoms. The Labute approximate surface area is 436 Å². The lowest BCUT2D eigenvalue weighted by atomic mass is 10.0. The quantitative estimate of drug-likeness (QED) is 0.0321. The monoisotopic (exact) mass is 984 g/mol. The van der Waals surface area contributed by atoms with E-state index in [1.165, 1.54) is 218 Å². The minimum Gasteiger partial charge on any atom is -0.466 e. The lowest BCUT2D eigenvalue weighted by molar-refractivity contribution is -0.143. The molecule has 0 rings (SSSR count). The molecule has 412 valence electrons. The minimum atomic E-state index is -0.676. The Morgan fingerprint density at radius 3 is 1.10 bits per heavy atom. The molecule has 2 unspecified atom stereocenters. The van der Waals surface area contributed by atoms with Gasteiger partial charge in [0.25, 0.3) is 0 Å². The van der Waals surface area contributed by atoms with Gasteiger partial charge in [0.1, 0.15) is 0 Å². The van der Waals surface area contributed by atoms with Crippen molar-refractivity contribution < 1.29 is 24.5 Å². The molecule has 0 aromatic rings. The number of ether oxygens (including phenoxy) is 1. The summed E-state index contributed by atoms with van der Waals surface area (Å²) < 4.78 is 5.47. The van der Waals surface area contributed by atoms with Gasteiger partial charge in [-0.2, -0.15) is 0 Å². The van der Waals surface area contributed by atoms with Crippen LogP contribution in [0.1, 0.15) is 335 Å². The van der Waals surface area contributed by atoms with E-state index in [2.05, 4.69) is 55.6 Å². The van der Waals surface area contributed by atoms with Gasteiger partial charge in [-0.1, -0.05) is 269 Å². The lowest BCUT2D eigenvalue weighted by Gasteiger charge is -2.22. The first-order valence-corrected chi connectivity index (χ1v) is 31.2. The summed E-state index contributed by atoms with van der Waals surface area (Å²) in [7, 11) is 0. The van der Waals surface area contributed by atoms with Crippen molar-refractivity contribution in [2.75, 3.05) is 13.2 Å². The molecular formula is C64H121NO5. The van der Waals surface area contributed by atoms with Crippen LogP contribution < -0.4 is 5.32 Å². The summed E-state index contributed by atoms with van der Waals surface area (Å²) in [6, 6.07) is -0.555. The van der Waals surface area contributed by atoms with Crippen LogP contribution in [0.15, 0.2) is 36.5 Å². The van der Waals surface area contributed by atoms with Crippen molar-refractivity contribution in [3.8, 4) is 0 Å². The summed E-state index contributed by atoms with van der Waals surface area (Å²) in [5, 5.41) is 23.3. The van der Waals surface area contributed by atoms with Crippen LogP contribution in [0.3, 0.4) is 0 Å². The topological polar surface area (TPSA) is 95.9 Å². The maximum absolute atomic E-state index is 12.5. The summed E-state index contributed by atoms with van der Waals surface area (Å²) >= 11 is 0. The molecule has 0 saturated carbocycles. The number of allylic oxidation sites excluding steroid dienone is 6. The van der Waals surface area contributed by atoms with Crippen LogP contribution >= 0.6 is 0 Å². The van der Waals surface area contributed by atoms with Crippen molar-refractivity contribution in [3.63, 3.8) is 0 Å². The molecule has 0 aliphatic rings. The van der Waals surface area contributed by atoms with Crippen LogP contribution in [-0.2, 0) is 14.3 Å². The van der Waals surface area contributed by atoms with Crippen molar-refractivity contribution in [3.05, 3.63) is 36.5 Å². The highest BCUT2D eigenvalue weighted by Gasteiger charge is 2.20. The molecule has 0 aromatic heterocycles. The Morgan fingerprint density at radius 1 is 0.400 bits per heavy atom. The largest absolute Gasteiger partial charge is 0.466 e. The van der Waals surface area contributed by atoms with E-state index in [0.717, 1.165) is 83.5 Å². The zero-order chi connectivity index (χ0) is 50.7. The predicted octanol–water partition coefficient (Wildman–Crippen LogP) is 19.6. The van der Waals surface area contributed by atoms with Crippen LogP contribution in [-0.4, -0.2) is 47.4 Å². The molecule has 0 aromatic carbocycles. The highest BCUT2D eigenvalue weighted by molar-refractivity contribution is 5.76. The van der Waals surface area contributed by atoms with Gasteiger partial charge in [0.15, 0.2) is 0 Å². The van der Waals surface area contributed by atoms with Crippen molar-refractivity contribution in [2.45, 2.75) is 347 Å². The average molecular weight is 985 g/mol. The molecule has 0 heterocycles. The van der Waals surface area contributed by atoms with E-state index < -0.39 is 12.1 Å². The van der Waals surface area contributed by atoms with E-state index >= 15 is 0 Å². The van der Waals surface area contributed by atoms with Gasteiger partial charge in [-0.05, 0) is 89.9 Å². The van der Waals surface area contributed by atoms with Crippen molar-refractivity contribution in [1.82, 2.24) is 5.32 Å². The van der Waals surface area contributed by atoms with Crippen LogP contribution in [0.5, 0.6) is 0 Å². The van der Waals surface area contributed by atoms with Crippen LogP contribution in [0.25, 0.3) is 0 Å². The van der Waals surface area contributed by atoms with Crippen molar-refractivity contribution >= 4 is 11.9 Å². The number of hydrogen-bond acceptors (Lipinski definition) is 5. The summed E-state index contributed by atoms with van der Waals surface area (Å²) in [5.74, 6) is -0.0672. The number of nitrogens with one attached hydrogen (secondary N) is 1. The van der Waals surface area contributed by atoms with Crippen LogP contribution in [0.4, 0.5) is 0 Å². The Balaban J connectivity index is 3.48. The Morgan fingerprint density at radius 2 is 0.714 bits per heavy atom. The molecule has 0 fully saturated rings. The second-order valence-electron chi connectivity index (χ2n) is 21.4. The standard InChI is InChI=1S/C64H121NO5/c1-3-5-7-9-11-13-15-17-19-21-24-28-32-36-40-44-48-52-56-62(67)61(60-66)65-63(68)57-53-49-45-41-37-33-29-25-23-27-31-35-39-43-47-51-55-59-70-64(69)58-54-50-46-42-38-34-30-26-22-20-18-16-14-12-10-8-6-4-2/h20,22-23,27,35,39,61-62,66-67H,3-19,21,24-26,28-34,36-38,40-60H2,1-2H3,(H,65,68)/b22-20-,27-23-,39-35-. The van der Waals surface area contributed by atoms with E-state index in [0.29, 0.717) is 25.9 Å². The maximum atomic E-state index is 12.5. The zero-order valence-electron chi connectivity index (χ0n) is 47.0. The summed E-state index contributed by atoms with van der Waals surface area (Å²) in [6.45, 7) is 4.92. The zero-order valence-corrected chi connectivity index (χ0v) is 47.0. The number of amides is 1. The molecular weight excluding hydrogens is 863 g/mol. The second kappa shape index (κ2) is 59.6. The fourth-order valence-corrected chi connectivity index (χ4v) is 9.61. The number of carbonyl (C=O) groups excluding carboxylic acids is 2. The van der Waals surface area contributed by atoms with E-state index in [1.54, 1.807) is 0 Å². The fourth-order valence-electron chi connectivity index (χ4n) is 9.61. The molecule has 0 saturated heterocycles. The van der Waals surface area contributed by atoms with Gasteiger partial charge < -0.3 is 20.3 Å². The van der Waals surface area contributed by atoms with Gasteiger partial charge in [-0.25, -0.2) is 0 Å². The van der Waals surface area contributed by atoms with E-state index in [9.17, 15) is 19.8 Å². The third kappa shape index (κ3) is 55.4. The number of carbonyl (C=O) groups is 2. The molecule has 2 atom stereocenters. The Kier molecular flexibility index (Phi) is 58.0. The molecule has 0 spiro atoms. The van der Waals surface area contributed by atoms with Crippen molar-refractivity contribution in [1.29, 1.82) is 0 Å². The van der Waals surface area contributed by atoms with Gasteiger partial charge in [0, 0.05) is 12.8 Å². The molecule has 3 N–H and O–H groups in total. The number of aliphatic hydroxyl groups excluding tert-OH is 2. The van der Waals surface area contributed by atoms with E-state index in [-0.39, 0.29) is 18.5 Å². The number of unbranched alkanes of at least 4 members (excludes halogenated alkanes) is 41. The molecule has 1 amide bonds. The van der Waals surface area contributed by atoms with E-state index in [1.807, 2.05) is 0 Å². The summed E-state index contributed by atoms with van der Waals surface area (Å²) in [6.07, 6.45) is 74.3. The second-order valence-corrected chi connectivity index (χ2v) is 21.4. The number of aliphatic hydroxyl groups is 2. The van der Waals surface area contributed by atoms with Crippen LogP contribution in [0, 0.1) is 0 Å². The van der Waals surface area contributed by atoms with E-state index in [4.69, 9.17) is 4.74 Å². The fraction of sp³-hybridized carbons (Fsp3) is 0.875. The average Bonchev–Trinajstić information content (AvgIpc) is 3.36. The summed E-state index contributed by atoms with van der Waals surface area (Å²) in [4.78, 5) is 24.6. The molecule has 0 aliphatic carbocycles. The smallest absolute Gasteiger partial charge is 0.305 e. The predicted molar refractivity (Wildman–Crippen MR) is 306 cm³/mol. The molecule has 0 radical (unpaired) electrons. The Hall–Kier alpha value is -1.92. The molecule has 0 aliphatic heterocycles. The number of rotatable bonds is 58. The Bertz CT molecular complexity index is 1130. The summed E-state index contributed by atoms with van der Waals surface area (Å²) in [5.41, 5.74) is 0. The van der Waals surface area contributed by atoms with Gasteiger partial charge in [0.05, 0.1) is 25.4 Å². The highest BCUT2D eigenvalue weighted by atomic mass is 16.5. The minimum absolute atomic E-state index is 0.0180. The first kappa shape index (κ1) is 68.1. The molecule has 0 bridgehead atoms. The third-order valence-electron chi connectivity index (χ3n) is 14.4. The number of esters is 1. The highest BCUT2D eigenvalue weighted by Crippen LogP contribution is 2.17. The van der Waals surface area contributed by atoms with Gasteiger partial charge in [-0.3, -0.25) is 9.59 Å². The normalized spacial score (nSPS) is 12.8. The van der Waals surface area contributed by atoms with Gasteiger partial charge in [-0.15, -0.1) is 0 Å². The first-order chi connectivity index (χ1) is 34.5. The van der Waals surface area contributed by atoms with Crippen LogP contribution in [0.2, 0.25) is 0 Å². The number of hydrogen-bond donors (Lipinski definition) is 3. The van der Waals surface area contributed by atoms with Crippen molar-refractivity contribution in [2.24, 2.45) is 0 Å². The third-order valence-corrected chi connectivity index (χ3v) is 14.4. The SMILES string of the molecule is CCCCCCCCC/C=C\CCCCCCCCCC(=O)OCCCCC/C=C\C/C=C\CCCCCCCCCC(=O)NC(CO)C(O)CCCCCCCCCCCCCCCCCCCC. The molecule has 70 heavy (non-hydrogen) atoms. The van der Waals surface area contributed by atoms with Gasteiger partial charge >= 0.3 is 5.97 Å². The van der Waals surface area contributed by atoms with Gasteiger partial charge in [0.2, 0.25) is 5.91 Å². The first-order valence-electron chi connectivity index (χ1n) is 31.2. The maximum Gasteiger partial charge on any atom is 0.305 e.